The highest BCUT2D eigenvalue weighted by atomic mass is 16.6. The van der Waals surface area contributed by atoms with E-state index in [9.17, 15) is 4.79 Å². The van der Waals surface area contributed by atoms with Gasteiger partial charge in [-0.2, -0.15) is 0 Å². The van der Waals surface area contributed by atoms with Crippen LogP contribution >= 0.6 is 0 Å². The molecule has 0 radical (unpaired) electrons. The molecule has 2 aromatic carbocycles. The lowest BCUT2D eigenvalue weighted by molar-refractivity contribution is -0.114. The third-order valence-corrected chi connectivity index (χ3v) is 5.07. The number of aryl methyl sites for hydroxylation is 1. The standard InChI is InChI=1S/C22H25NO5/c1-14-10-17(8-9-18(14)23-15(2)24)28-20-13-27-21-19(12-26-22(20)21)25-11-16-6-4-3-5-7-16/h3-10,19-22H,11-13H2,1-2H3,(H,23,24)/t19-,20-,21-,22-/m1/s1. The molecule has 0 spiro atoms. The minimum Gasteiger partial charge on any atom is -0.485 e. The molecule has 0 bridgehead atoms. The molecular formula is C22H25NO5. The molecule has 2 aliphatic rings. The van der Waals surface area contributed by atoms with E-state index >= 15 is 0 Å². The van der Waals surface area contributed by atoms with E-state index in [-0.39, 0.29) is 30.3 Å². The fourth-order valence-electron chi connectivity index (χ4n) is 3.66. The van der Waals surface area contributed by atoms with Crippen LogP contribution in [0.5, 0.6) is 5.75 Å². The van der Waals surface area contributed by atoms with Gasteiger partial charge in [0.05, 0.1) is 19.8 Å². The van der Waals surface area contributed by atoms with Crippen LogP contribution in [0.15, 0.2) is 48.5 Å². The maximum absolute atomic E-state index is 11.2. The van der Waals surface area contributed by atoms with Crippen molar-refractivity contribution in [2.24, 2.45) is 0 Å². The van der Waals surface area contributed by atoms with Crippen LogP contribution < -0.4 is 10.1 Å². The van der Waals surface area contributed by atoms with Gasteiger partial charge in [0.2, 0.25) is 5.91 Å². The molecule has 2 heterocycles. The van der Waals surface area contributed by atoms with Gasteiger partial charge in [-0.25, -0.2) is 0 Å². The SMILES string of the molecule is CC(=O)Nc1ccc(O[C@@H]2CO[C@H]3[C@@H]2OC[C@H]3OCc2ccccc2)cc1C. The molecule has 2 aliphatic heterocycles. The first-order valence-corrected chi connectivity index (χ1v) is 9.54. The summed E-state index contributed by atoms with van der Waals surface area (Å²) in [5, 5.41) is 2.80. The van der Waals surface area contributed by atoms with Crippen molar-refractivity contribution in [3.8, 4) is 5.75 Å². The first-order valence-electron chi connectivity index (χ1n) is 9.54. The van der Waals surface area contributed by atoms with E-state index < -0.39 is 0 Å². The minimum atomic E-state index is -0.179. The monoisotopic (exact) mass is 383 g/mol. The number of fused-ring (bicyclic) bond motifs is 1. The van der Waals surface area contributed by atoms with E-state index in [1.165, 1.54) is 6.92 Å². The van der Waals surface area contributed by atoms with E-state index in [2.05, 4.69) is 5.32 Å². The quantitative estimate of drug-likeness (QED) is 0.830. The molecule has 28 heavy (non-hydrogen) atoms. The Bertz CT molecular complexity index is 825. The Labute approximate surface area is 164 Å². The Morgan fingerprint density at radius 1 is 1.07 bits per heavy atom. The van der Waals surface area contributed by atoms with Crippen LogP contribution in [0.2, 0.25) is 0 Å². The van der Waals surface area contributed by atoms with Crippen molar-refractivity contribution in [3.05, 3.63) is 59.7 Å². The Morgan fingerprint density at radius 3 is 2.50 bits per heavy atom. The predicted molar refractivity (Wildman–Crippen MR) is 104 cm³/mol. The molecule has 4 atom stereocenters. The van der Waals surface area contributed by atoms with Crippen molar-refractivity contribution in [1.82, 2.24) is 0 Å². The number of nitrogens with one attached hydrogen (secondary N) is 1. The van der Waals surface area contributed by atoms with Crippen LogP contribution in [0.3, 0.4) is 0 Å². The van der Waals surface area contributed by atoms with Crippen molar-refractivity contribution in [1.29, 1.82) is 0 Å². The number of carbonyl (C=O) groups excluding carboxylic acids is 1. The fraction of sp³-hybridized carbons (Fsp3) is 0.409. The van der Waals surface area contributed by atoms with Gasteiger partial charge in [0.15, 0.2) is 6.10 Å². The summed E-state index contributed by atoms with van der Waals surface area (Å²) in [5.41, 5.74) is 2.86. The molecule has 2 fully saturated rings. The number of benzene rings is 2. The van der Waals surface area contributed by atoms with Crippen LogP contribution in [0, 0.1) is 6.92 Å². The molecule has 0 unspecified atom stereocenters. The zero-order valence-corrected chi connectivity index (χ0v) is 16.1. The fourth-order valence-corrected chi connectivity index (χ4v) is 3.66. The van der Waals surface area contributed by atoms with Crippen molar-refractivity contribution in [2.45, 2.75) is 44.9 Å². The molecule has 148 valence electrons. The number of anilines is 1. The van der Waals surface area contributed by atoms with Crippen LogP contribution in [0.1, 0.15) is 18.1 Å². The number of rotatable bonds is 6. The highest BCUT2D eigenvalue weighted by Gasteiger charge is 2.49. The second-order valence-corrected chi connectivity index (χ2v) is 7.25. The van der Waals surface area contributed by atoms with E-state index in [0.29, 0.717) is 19.8 Å². The second kappa shape index (κ2) is 8.31. The van der Waals surface area contributed by atoms with E-state index in [4.69, 9.17) is 18.9 Å². The molecule has 1 amide bonds. The third kappa shape index (κ3) is 4.19. The van der Waals surface area contributed by atoms with E-state index in [1.54, 1.807) is 0 Å². The summed E-state index contributed by atoms with van der Waals surface area (Å²) >= 11 is 0. The molecule has 4 rings (SSSR count). The summed E-state index contributed by atoms with van der Waals surface area (Å²) in [6.45, 7) is 4.94. The van der Waals surface area contributed by atoms with Gasteiger partial charge >= 0.3 is 0 Å². The summed E-state index contributed by atoms with van der Waals surface area (Å²) in [7, 11) is 0. The summed E-state index contributed by atoms with van der Waals surface area (Å²) in [6, 6.07) is 15.7. The first kappa shape index (κ1) is 18.9. The number of hydrogen-bond donors (Lipinski definition) is 1. The summed E-state index contributed by atoms with van der Waals surface area (Å²) in [6.07, 6.45) is -0.534. The van der Waals surface area contributed by atoms with Gasteiger partial charge in [0.1, 0.15) is 24.1 Å². The van der Waals surface area contributed by atoms with Gasteiger partial charge in [-0.1, -0.05) is 30.3 Å². The van der Waals surface area contributed by atoms with E-state index in [1.807, 2.05) is 55.5 Å². The molecule has 0 aromatic heterocycles. The molecular weight excluding hydrogens is 358 g/mol. The Kier molecular flexibility index (Phi) is 5.62. The summed E-state index contributed by atoms with van der Waals surface area (Å²) < 4.78 is 24.0. The van der Waals surface area contributed by atoms with Crippen LogP contribution in [0.25, 0.3) is 0 Å². The maximum Gasteiger partial charge on any atom is 0.221 e. The van der Waals surface area contributed by atoms with Gasteiger partial charge in [0, 0.05) is 12.6 Å². The highest BCUT2D eigenvalue weighted by Crippen LogP contribution is 2.32. The zero-order valence-electron chi connectivity index (χ0n) is 16.1. The van der Waals surface area contributed by atoms with Gasteiger partial charge in [0.25, 0.3) is 0 Å². The van der Waals surface area contributed by atoms with Crippen LogP contribution in [0.4, 0.5) is 5.69 Å². The molecule has 6 nitrogen and oxygen atoms in total. The van der Waals surface area contributed by atoms with Crippen molar-refractivity contribution in [2.75, 3.05) is 18.5 Å². The van der Waals surface area contributed by atoms with Crippen molar-refractivity contribution in [3.63, 3.8) is 0 Å². The van der Waals surface area contributed by atoms with E-state index in [0.717, 1.165) is 22.6 Å². The summed E-state index contributed by atoms with van der Waals surface area (Å²) in [4.78, 5) is 11.2. The van der Waals surface area contributed by atoms with Gasteiger partial charge in [-0.15, -0.1) is 0 Å². The third-order valence-electron chi connectivity index (χ3n) is 5.07. The highest BCUT2D eigenvalue weighted by molar-refractivity contribution is 5.89. The summed E-state index contributed by atoms with van der Waals surface area (Å²) in [5.74, 6) is 0.641. The lowest BCUT2D eigenvalue weighted by Crippen LogP contribution is -2.35. The first-order chi connectivity index (χ1) is 13.6. The van der Waals surface area contributed by atoms with Gasteiger partial charge in [-0.3, -0.25) is 4.79 Å². The lowest BCUT2D eigenvalue weighted by atomic mass is 10.1. The largest absolute Gasteiger partial charge is 0.485 e. The zero-order chi connectivity index (χ0) is 19.5. The predicted octanol–water partition coefficient (Wildman–Crippen LogP) is 3.08. The number of amides is 1. The van der Waals surface area contributed by atoms with Crippen LogP contribution in [-0.4, -0.2) is 43.5 Å². The van der Waals surface area contributed by atoms with Gasteiger partial charge in [-0.05, 0) is 36.2 Å². The number of ether oxygens (including phenoxy) is 4. The molecule has 0 aliphatic carbocycles. The van der Waals surface area contributed by atoms with Crippen molar-refractivity contribution < 1.29 is 23.7 Å². The second-order valence-electron chi connectivity index (χ2n) is 7.25. The number of carbonyl (C=O) groups is 1. The molecule has 6 heteroatoms. The minimum absolute atomic E-state index is 0.0929. The topological polar surface area (TPSA) is 66.0 Å². The van der Waals surface area contributed by atoms with Crippen LogP contribution in [-0.2, 0) is 25.6 Å². The average molecular weight is 383 g/mol. The smallest absolute Gasteiger partial charge is 0.221 e. The Balaban J connectivity index is 1.34. The maximum atomic E-state index is 11.2. The molecule has 0 saturated carbocycles. The van der Waals surface area contributed by atoms with Gasteiger partial charge < -0.3 is 24.3 Å². The Hall–Kier alpha value is -2.41. The molecule has 2 saturated heterocycles. The van der Waals surface area contributed by atoms with Crippen molar-refractivity contribution >= 4 is 11.6 Å². The molecule has 1 N–H and O–H groups in total. The lowest BCUT2D eigenvalue weighted by Gasteiger charge is -2.19. The Morgan fingerprint density at radius 2 is 1.79 bits per heavy atom. The normalized spacial score (nSPS) is 26.1. The molecule has 2 aromatic rings. The average Bonchev–Trinajstić information content (AvgIpc) is 3.26. The number of hydrogen-bond acceptors (Lipinski definition) is 5.